The molecule has 2 heterocycles. The molecule has 0 unspecified atom stereocenters. The number of thiophene rings is 1. The lowest BCUT2D eigenvalue weighted by molar-refractivity contribution is -0.119. The van der Waals surface area contributed by atoms with Gasteiger partial charge in [-0.1, -0.05) is 37.7 Å². The van der Waals surface area contributed by atoms with Gasteiger partial charge in [0, 0.05) is 18.3 Å². The van der Waals surface area contributed by atoms with Gasteiger partial charge in [0.15, 0.2) is 10.9 Å². The maximum atomic E-state index is 12.6. The van der Waals surface area contributed by atoms with Crippen molar-refractivity contribution in [2.24, 2.45) is 5.92 Å². The zero-order chi connectivity index (χ0) is 20.1. The lowest BCUT2D eigenvalue weighted by Gasteiger charge is -2.10. The molecule has 2 aromatic heterocycles. The average Bonchev–Trinajstić information content (AvgIpc) is 3.27. The van der Waals surface area contributed by atoms with E-state index in [0.29, 0.717) is 18.2 Å². The number of para-hydroxylation sites is 2. The number of fused-ring (bicyclic) bond motifs is 1. The van der Waals surface area contributed by atoms with Crippen molar-refractivity contribution in [2.75, 3.05) is 5.75 Å². The molecule has 5 nitrogen and oxygen atoms in total. The molecule has 0 aliphatic heterocycles. The van der Waals surface area contributed by atoms with Crippen molar-refractivity contribution < 1.29 is 9.59 Å². The Balaban J connectivity index is 1.69. The normalized spacial score (nSPS) is 11.3. The number of rotatable bonds is 9. The van der Waals surface area contributed by atoms with Crippen LogP contribution in [0.4, 0.5) is 0 Å². The van der Waals surface area contributed by atoms with Gasteiger partial charge in [0.05, 0.1) is 28.2 Å². The average molecular weight is 416 g/mol. The fourth-order valence-corrected chi connectivity index (χ4v) is 4.70. The molecule has 0 aliphatic carbocycles. The van der Waals surface area contributed by atoms with Crippen LogP contribution < -0.4 is 5.32 Å². The van der Waals surface area contributed by atoms with Crippen molar-refractivity contribution in [1.82, 2.24) is 14.9 Å². The summed E-state index contributed by atoms with van der Waals surface area (Å²) in [5, 5.41) is 3.65. The molecule has 148 valence electrons. The fourth-order valence-electron chi connectivity index (χ4n) is 2.80. The molecule has 0 saturated heterocycles. The van der Waals surface area contributed by atoms with Crippen LogP contribution in [0.25, 0.3) is 11.0 Å². The number of carbonyl (C=O) groups is 2. The van der Waals surface area contributed by atoms with Gasteiger partial charge in [-0.15, -0.1) is 11.3 Å². The Morgan fingerprint density at radius 3 is 2.75 bits per heavy atom. The summed E-state index contributed by atoms with van der Waals surface area (Å²) < 4.78 is 2.23. The number of Topliss-reactive ketones (excluding diaryl/α,β-unsaturated/α-hetero) is 1. The highest BCUT2D eigenvalue weighted by Crippen LogP contribution is 2.27. The Kier molecular flexibility index (Phi) is 6.91. The number of ketones is 1. The van der Waals surface area contributed by atoms with E-state index >= 15 is 0 Å². The number of thioether (sulfide) groups is 1. The van der Waals surface area contributed by atoms with Crippen LogP contribution in [0.3, 0.4) is 0 Å². The summed E-state index contributed by atoms with van der Waals surface area (Å²) in [5.41, 5.74) is 2.08. The van der Waals surface area contributed by atoms with E-state index in [1.807, 2.05) is 30.3 Å². The SMILES string of the molecule is CC(=O)NCc1ccc(C(=O)CSc2nc3ccccc3n2CCC(C)C)s1. The molecule has 3 aromatic rings. The van der Waals surface area contributed by atoms with Crippen molar-refractivity contribution in [1.29, 1.82) is 0 Å². The summed E-state index contributed by atoms with van der Waals surface area (Å²) in [4.78, 5) is 30.1. The van der Waals surface area contributed by atoms with Crippen molar-refractivity contribution >= 4 is 45.8 Å². The van der Waals surface area contributed by atoms with Crippen LogP contribution in [0.1, 0.15) is 41.7 Å². The highest BCUT2D eigenvalue weighted by molar-refractivity contribution is 7.99. The second-order valence-electron chi connectivity index (χ2n) is 7.10. The largest absolute Gasteiger partial charge is 0.351 e. The van der Waals surface area contributed by atoms with E-state index in [-0.39, 0.29) is 11.7 Å². The molecule has 0 aliphatic rings. The van der Waals surface area contributed by atoms with E-state index in [1.54, 1.807) is 0 Å². The molecule has 0 spiro atoms. The first-order valence-electron chi connectivity index (χ1n) is 9.38. The number of amides is 1. The first-order chi connectivity index (χ1) is 13.4. The number of aromatic nitrogens is 2. The van der Waals surface area contributed by atoms with Gasteiger partial charge in [-0.25, -0.2) is 4.98 Å². The van der Waals surface area contributed by atoms with E-state index in [9.17, 15) is 9.59 Å². The molecule has 1 amide bonds. The van der Waals surface area contributed by atoms with Crippen LogP contribution in [0.5, 0.6) is 0 Å². The summed E-state index contributed by atoms with van der Waals surface area (Å²) in [7, 11) is 0. The molecule has 1 N–H and O–H groups in total. The van der Waals surface area contributed by atoms with Gasteiger partial charge < -0.3 is 9.88 Å². The van der Waals surface area contributed by atoms with Crippen molar-refractivity contribution in [3.63, 3.8) is 0 Å². The van der Waals surface area contributed by atoms with Crippen LogP contribution in [0, 0.1) is 5.92 Å². The first kappa shape index (κ1) is 20.6. The maximum Gasteiger partial charge on any atom is 0.217 e. The lowest BCUT2D eigenvalue weighted by atomic mass is 10.1. The standard InChI is InChI=1S/C21H25N3O2S2/c1-14(2)10-11-24-18-7-5-4-6-17(18)23-21(24)27-13-19(26)20-9-8-16(28-20)12-22-15(3)25/h4-9,14H,10-13H2,1-3H3,(H,22,25). The van der Waals surface area contributed by atoms with Crippen molar-refractivity contribution in [2.45, 2.75) is 45.4 Å². The molecule has 0 bridgehead atoms. The summed E-state index contributed by atoms with van der Waals surface area (Å²) in [6, 6.07) is 11.9. The summed E-state index contributed by atoms with van der Waals surface area (Å²) >= 11 is 2.93. The third-order valence-electron chi connectivity index (χ3n) is 4.33. The van der Waals surface area contributed by atoms with Crippen LogP contribution in [0.2, 0.25) is 0 Å². The van der Waals surface area contributed by atoms with Crippen LogP contribution in [0.15, 0.2) is 41.6 Å². The highest BCUT2D eigenvalue weighted by atomic mass is 32.2. The van der Waals surface area contributed by atoms with E-state index in [4.69, 9.17) is 4.98 Å². The van der Waals surface area contributed by atoms with Gasteiger partial charge in [-0.3, -0.25) is 9.59 Å². The Morgan fingerprint density at radius 2 is 2.00 bits per heavy atom. The minimum Gasteiger partial charge on any atom is -0.351 e. The quantitative estimate of drug-likeness (QED) is 0.404. The van der Waals surface area contributed by atoms with Crippen molar-refractivity contribution in [3.05, 3.63) is 46.2 Å². The zero-order valence-electron chi connectivity index (χ0n) is 16.4. The first-order valence-corrected chi connectivity index (χ1v) is 11.2. The summed E-state index contributed by atoms with van der Waals surface area (Å²) in [6.07, 6.45) is 1.07. The number of imidazole rings is 1. The maximum absolute atomic E-state index is 12.6. The predicted octanol–water partition coefficient (Wildman–Crippen LogP) is 4.76. The number of carbonyl (C=O) groups excluding carboxylic acids is 2. The van der Waals surface area contributed by atoms with E-state index < -0.39 is 0 Å². The Bertz CT molecular complexity index is 975. The predicted molar refractivity (Wildman–Crippen MR) is 116 cm³/mol. The topological polar surface area (TPSA) is 64.0 Å². The van der Waals surface area contributed by atoms with Crippen molar-refractivity contribution in [3.8, 4) is 0 Å². The second-order valence-corrected chi connectivity index (χ2v) is 9.22. The van der Waals surface area contributed by atoms with E-state index in [2.05, 4.69) is 29.8 Å². The van der Waals surface area contributed by atoms with Gasteiger partial charge in [0.25, 0.3) is 0 Å². The van der Waals surface area contributed by atoms with Gasteiger partial charge >= 0.3 is 0 Å². The molecule has 1 aromatic carbocycles. The molecule has 3 rings (SSSR count). The monoisotopic (exact) mass is 415 g/mol. The van der Waals surface area contributed by atoms with Gasteiger partial charge in [-0.05, 0) is 36.6 Å². The number of hydrogen-bond donors (Lipinski definition) is 1. The Labute approximate surface area is 173 Å². The lowest BCUT2D eigenvalue weighted by Crippen LogP contribution is -2.18. The number of aryl methyl sites for hydroxylation is 1. The van der Waals surface area contributed by atoms with E-state index in [0.717, 1.165) is 38.9 Å². The second kappa shape index (κ2) is 9.39. The molecule has 0 fully saturated rings. The number of nitrogens with one attached hydrogen (secondary N) is 1. The molecular formula is C21H25N3O2S2. The Hall–Kier alpha value is -2.12. The van der Waals surface area contributed by atoms with Crippen LogP contribution >= 0.6 is 23.1 Å². The van der Waals surface area contributed by atoms with Crippen LogP contribution in [-0.2, 0) is 17.9 Å². The summed E-state index contributed by atoms with van der Waals surface area (Å²) in [5.74, 6) is 0.975. The molecule has 0 radical (unpaired) electrons. The third-order valence-corrected chi connectivity index (χ3v) is 6.43. The molecule has 0 saturated carbocycles. The molecule has 0 atom stereocenters. The zero-order valence-corrected chi connectivity index (χ0v) is 18.0. The Morgan fingerprint density at radius 1 is 1.21 bits per heavy atom. The van der Waals surface area contributed by atoms with Crippen LogP contribution in [-0.4, -0.2) is 27.0 Å². The van der Waals surface area contributed by atoms with Gasteiger partial charge in [-0.2, -0.15) is 0 Å². The summed E-state index contributed by atoms with van der Waals surface area (Å²) in [6.45, 7) is 7.28. The highest BCUT2D eigenvalue weighted by Gasteiger charge is 2.15. The minimum atomic E-state index is -0.0721. The molecule has 7 heteroatoms. The minimum absolute atomic E-state index is 0.0721. The molecule has 28 heavy (non-hydrogen) atoms. The number of benzene rings is 1. The fraction of sp³-hybridized carbons (Fsp3) is 0.381. The van der Waals surface area contributed by atoms with E-state index in [1.165, 1.54) is 30.0 Å². The van der Waals surface area contributed by atoms with Gasteiger partial charge in [0.1, 0.15) is 0 Å². The van der Waals surface area contributed by atoms with Gasteiger partial charge in [0.2, 0.25) is 5.91 Å². The number of nitrogens with zero attached hydrogens (tertiary/aromatic N) is 2. The third kappa shape index (κ3) is 5.23. The molecular weight excluding hydrogens is 390 g/mol. The number of hydrogen-bond acceptors (Lipinski definition) is 5. The smallest absolute Gasteiger partial charge is 0.217 e.